The Morgan fingerprint density at radius 2 is 1.83 bits per heavy atom. The minimum absolute atomic E-state index is 0.289. The summed E-state index contributed by atoms with van der Waals surface area (Å²) in [6.45, 7) is 1.83. The van der Waals surface area contributed by atoms with Crippen molar-refractivity contribution in [2.75, 3.05) is 0 Å². The first-order valence-corrected chi connectivity index (χ1v) is 7.64. The second-order valence-electron chi connectivity index (χ2n) is 5.04. The molecule has 0 radical (unpaired) electrons. The number of nitrogens with zero attached hydrogens (tertiary/aromatic N) is 2. The van der Waals surface area contributed by atoms with E-state index in [0.717, 1.165) is 0 Å². The van der Waals surface area contributed by atoms with Gasteiger partial charge < -0.3 is 4.74 Å². The zero-order valence-corrected chi connectivity index (χ0v) is 14.0. The number of benzene rings is 2. The highest BCUT2D eigenvalue weighted by Gasteiger charge is 2.20. The molecule has 0 aliphatic heterocycles. The highest BCUT2D eigenvalue weighted by atomic mass is 35.5. The Morgan fingerprint density at radius 1 is 1.09 bits per heavy atom. The van der Waals surface area contributed by atoms with E-state index in [-0.39, 0.29) is 5.02 Å². The molecule has 118 valence electrons. The van der Waals surface area contributed by atoms with Crippen LogP contribution >= 0.6 is 23.2 Å². The largest absolute Gasteiger partial charge is 0.452 e. The summed E-state index contributed by atoms with van der Waals surface area (Å²) in [6.07, 6.45) is 0. The molecule has 0 saturated carbocycles. The fourth-order valence-electron chi connectivity index (χ4n) is 2.38. The molecule has 2 aromatic carbocycles. The number of aryl methyl sites for hydroxylation is 2. The SMILES string of the molecule is Cc1nn(C)c(-c2ccc(F)cc2Cl)c1Oc1ccccc1Cl. The summed E-state index contributed by atoms with van der Waals surface area (Å²) in [4.78, 5) is 0. The van der Waals surface area contributed by atoms with Gasteiger partial charge in [0.25, 0.3) is 0 Å². The second-order valence-corrected chi connectivity index (χ2v) is 5.86. The summed E-state index contributed by atoms with van der Waals surface area (Å²) in [5.41, 5.74) is 1.98. The normalized spacial score (nSPS) is 10.8. The van der Waals surface area contributed by atoms with E-state index in [2.05, 4.69) is 5.10 Å². The monoisotopic (exact) mass is 350 g/mol. The summed E-state index contributed by atoms with van der Waals surface area (Å²) in [5, 5.41) is 5.15. The smallest absolute Gasteiger partial charge is 0.176 e. The van der Waals surface area contributed by atoms with Crippen LogP contribution in [0.4, 0.5) is 4.39 Å². The van der Waals surface area contributed by atoms with Gasteiger partial charge in [-0.25, -0.2) is 4.39 Å². The van der Waals surface area contributed by atoms with E-state index in [1.165, 1.54) is 12.1 Å². The van der Waals surface area contributed by atoms with Gasteiger partial charge in [0, 0.05) is 12.6 Å². The summed E-state index contributed by atoms with van der Waals surface area (Å²) >= 11 is 12.3. The first kappa shape index (κ1) is 15.8. The number of ether oxygens (including phenoxy) is 1. The van der Waals surface area contributed by atoms with Crippen LogP contribution in [-0.4, -0.2) is 9.78 Å². The van der Waals surface area contributed by atoms with Crippen molar-refractivity contribution in [3.63, 3.8) is 0 Å². The summed E-state index contributed by atoms with van der Waals surface area (Å²) in [6, 6.07) is 11.4. The third-order valence-electron chi connectivity index (χ3n) is 3.40. The van der Waals surface area contributed by atoms with Gasteiger partial charge in [0.15, 0.2) is 5.75 Å². The number of rotatable bonds is 3. The van der Waals surface area contributed by atoms with Gasteiger partial charge in [-0.1, -0.05) is 35.3 Å². The Balaban J connectivity index is 2.13. The first-order chi connectivity index (χ1) is 11.0. The van der Waals surface area contributed by atoms with E-state index in [4.69, 9.17) is 27.9 Å². The lowest BCUT2D eigenvalue weighted by Crippen LogP contribution is -1.96. The average Bonchev–Trinajstić information content (AvgIpc) is 2.76. The third-order valence-corrected chi connectivity index (χ3v) is 4.03. The number of hydrogen-bond acceptors (Lipinski definition) is 2. The summed E-state index contributed by atoms with van der Waals surface area (Å²) in [5.74, 6) is 0.657. The molecule has 3 aromatic rings. The molecule has 0 unspecified atom stereocenters. The minimum Gasteiger partial charge on any atom is -0.452 e. The zero-order chi connectivity index (χ0) is 16.6. The third kappa shape index (κ3) is 3.05. The van der Waals surface area contributed by atoms with Crippen molar-refractivity contribution in [3.8, 4) is 22.8 Å². The van der Waals surface area contributed by atoms with Crippen LogP contribution in [0.1, 0.15) is 5.69 Å². The minimum atomic E-state index is -0.397. The van der Waals surface area contributed by atoms with Crippen LogP contribution in [0, 0.1) is 12.7 Å². The molecule has 3 rings (SSSR count). The van der Waals surface area contributed by atoms with Crippen molar-refractivity contribution >= 4 is 23.2 Å². The molecule has 0 N–H and O–H groups in total. The Bertz CT molecular complexity index is 877. The topological polar surface area (TPSA) is 27.1 Å². The maximum atomic E-state index is 13.3. The maximum Gasteiger partial charge on any atom is 0.176 e. The Hall–Kier alpha value is -2.04. The predicted octanol–water partition coefficient (Wildman–Crippen LogP) is 5.63. The molecule has 0 spiro atoms. The quantitative estimate of drug-likeness (QED) is 0.611. The fraction of sp³-hybridized carbons (Fsp3) is 0.118. The van der Waals surface area contributed by atoms with Gasteiger partial charge in [0.1, 0.15) is 23.0 Å². The van der Waals surface area contributed by atoms with Gasteiger partial charge in [-0.15, -0.1) is 0 Å². The van der Waals surface area contributed by atoms with E-state index in [1.54, 1.807) is 29.9 Å². The molecular weight excluding hydrogens is 338 g/mol. The van der Waals surface area contributed by atoms with Crippen molar-refractivity contribution in [3.05, 3.63) is 64.0 Å². The van der Waals surface area contributed by atoms with Crippen LogP contribution in [0.3, 0.4) is 0 Å². The van der Waals surface area contributed by atoms with Gasteiger partial charge in [0.2, 0.25) is 0 Å². The molecule has 6 heteroatoms. The first-order valence-electron chi connectivity index (χ1n) is 6.89. The molecule has 0 aliphatic carbocycles. The molecule has 23 heavy (non-hydrogen) atoms. The molecule has 0 saturated heterocycles. The average molecular weight is 351 g/mol. The molecule has 0 amide bonds. The Kier molecular flexibility index (Phi) is 4.28. The molecule has 3 nitrogen and oxygen atoms in total. The molecule has 1 heterocycles. The fourth-order valence-corrected chi connectivity index (χ4v) is 2.81. The number of aromatic nitrogens is 2. The van der Waals surface area contributed by atoms with Gasteiger partial charge in [-0.05, 0) is 37.3 Å². The Morgan fingerprint density at radius 3 is 2.52 bits per heavy atom. The summed E-state index contributed by atoms with van der Waals surface area (Å²) in [7, 11) is 1.78. The van der Waals surface area contributed by atoms with E-state index >= 15 is 0 Å². The standard InChI is InChI=1S/C17H13Cl2FN2O/c1-10-17(23-15-6-4-3-5-13(15)18)16(22(2)21-10)12-8-7-11(20)9-14(12)19/h3-9H,1-2H3. The lowest BCUT2D eigenvalue weighted by molar-refractivity contribution is 0.480. The molecule has 0 fully saturated rings. The van der Waals surface area contributed by atoms with Crippen LogP contribution in [-0.2, 0) is 7.05 Å². The van der Waals surface area contributed by atoms with Gasteiger partial charge in [0.05, 0.1) is 10.0 Å². The molecule has 0 aliphatic rings. The highest BCUT2D eigenvalue weighted by molar-refractivity contribution is 6.33. The van der Waals surface area contributed by atoms with Crippen molar-refractivity contribution in [2.45, 2.75) is 6.92 Å². The van der Waals surface area contributed by atoms with E-state index < -0.39 is 5.82 Å². The van der Waals surface area contributed by atoms with E-state index in [9.17, 15) is 4.39 Å². The lowest BCUT2D eigenvalue weighted by atomic mass is 10.1. The maximum absolute atomic E-state index is 13.3. The van der Waals surface area contributed by atoms with E-state index in [1.807, 2.05) is 19.1 Å². The summed E-state index contributed by atoms with van der Waals surface area (Å²) < 4.78 is 20.9. The Labute approximate surface area is 143 Å². The van der Waals surface area contributed by atoms with Crippen LogP contribution < -0.4 is 4.74 Å². The van der Waals surface area contributed by atoms with Crippen molar-refractivity contribution in [2.24, 2.45) is 7.05 Å². The molecule has 0 bridgehead atoms. The number of halogens is 3. The predicted molar refractivity (Wildman–Crippen MR) is 89.9 cm³/mol. The highest BCUT2D eigenvalue weighted by Crippen LogP contribution is 2.40. The number of para-hydroxylation sites is 1. The van der Waals surface area contributed by atoms with Gasteiger partial charge in [-0.2, -0.15) is 5.10 Å². The van der Waals surface area contributed by atoms with Crippen molar-refractivity contribution in [1.82, 2.24) is 9.78 Å². The van der Waals surface area contributed by atoms with E-state index in [0.29, 0.717) is 33.5 Å². The second kappa shape index (κ2) is 6.22. The van der Waals surface area contributed by atoms with Crippen LogP contribution in [0.25, 0.3) is 11.3 Å². The van der Waals surface area contributed by atoms with Crippen molar-refractivity contribution < 1.29 is 9.13 Å². The molecule has 0 atom stereocenters. The number of hydrogen-bond donors (Lipinski definition) is 0. The van der Waals surface area contributed by atoms with Crippen LogP contribution in [0.2, 0.25) is 10.0 Å². The lowest BCUT2D eigenvalue weighted by Gasteiger charge is -2.11. The van der Waals surface area contributed by atoms with Crippen molar-refractivity contribution in [1.29, 1.82) is 0 Å². The molecular formula is C17H13Cl2FN2O. The van der Waals surface area contributed by atoms with Gasteiger partial charge >= 0.3 is 0 Å². The van der Waals surface area contributed by atoms with Crippen LogP contribution in [0.5, 0.6) is 11.5 Å². The van der Waals surface area contributed by atoms with Gasteiger partial charge in [-0.3, -0.25) is 4.68 Å². The van der Waals surface area contributed by atoms with Crippen LogP contribution in [0.15, 0.2) is 42.5 Å². The zero-order valence-electron chi connectivity index (χ0n) is 12.5. The molecule has 1 aromatic heterocycles.